The van der Waals surface area contributed by atoms with Gasteiger partial charge in [0.2, 0.25) is 0 Å². The summed E-state index contributed by atoms with van der Waals surface area (Å²) in [6.07, 6.45) is 1.43. The Labute approximate surface area is 125 Å². The summed E-state index contributed by atoms with van der Waals surface area (Å²) in [6.45, 7) is 2.55. The summed E-state index contributed by atoms with van der Waals surface area (Å²) in [7, 11) is 0. The van der Waals surface area contributed by atoms with Crippen molar-refractivity contribution in [2.45, 2.75) is 18.6 Å². The van der Waals surface area contributed by atoms with Crippen LogP contribution in [-0.4, -0.2) is 42.9 Å². The Morgan fingerprint density at radius 3 is 2.42 bits per heavy atom. The minimum atomic E-state index is -0.457. The fraction of sp³-hybridized carbons (Fsp3) is 0.583. The zero-order valence-corrected chi connectivity index (χ0v) is 12.5. The number of hydrogen-bond acceptors (Lipinski definition) is 4. The number of amides is 1. The molecule has 1 amide bonds. The Morgan fingerprint density at radius 2 is 1.89 bits per heavy atom. The van der Waals surface area contributed by atoms with Gasteiger partial charge in [-0.15, -0.1) is 11.3 Å². The monoisotopic (exact) mass is 321 g/mol. The van der Waals surface area contributed by atoms with E-state index < -0.39 is 5.79 Å². The first kappa shape index (κ1) is 13.6. The van der Waals surface area contributed by atoms with Crippen LogP contribution in [-0.2, 0) is 9.47 Å². The molecule has 0 saturated carbocycles. The molecule has 0 aliphatic carbocycles. The van der Waals surface area contributed by atoms with Gasteiger partial charge in [-0.05, 0) is 6.07 Å². The van der Waals surface area contributed by atoms with Crippen LogP contribution < -0.4 is 0 Å². The molecule has 0 bridgehead atoms. The Balaban J connectivity index is 1.66. The van der Waals surface area contributed by atoms with Gasteiger partial charge >= 0.3 is 0 Å². The lowest BCUT2D eigenvalue weighted by molar-refractivity contribution is -0.181. The summed E-state index contributed by atoms with van der Waals surface area (Å²) in [5.74, 6) is -0.478. The number of piperidine rings is 1. The molecule has 3 heterocycles. The molecule has 0 N–H and O–H groups in total. The van der Waals surface area contributed by atoms with E-state index in [1.807, 2.05) is 0 Å². The smallest absolute Gasteiger partial charge is 0.264 e. The zero-order chi connectivity index (χ0) is 13.5. The molecule has 0 radical (unpaired) electrons. The van der Waals surface area contributed by atoms with Crippen LogP contribution in [0.1, 0.15) is 22.5 Å². The number of nitrogens with zero attached hydrogens (tertiary/aromatic N) is 1. The van der Waals surface area contributed by atoms with Crippen LogP contribution in [0.15, 0.2) is 6.07 Å². The molecule has 0 unspecified atom stereocenters. The third-order valence-corrected chi connectivity index (χ3v) is 5.34. The summed E-state index contributed by atoms with van der Waals surface area (Å²) in [5.41, 5.74) is 0. The lowest BCUT2D eigenvalue weighted by Crippen LogP contribution is -2.47. The van der Waals surface area contributed by atoms with E-state index in [4.69, 9.17) is 32.7 Å². The number of rotatable bonds is 1. The van der Waals surface area contributed by atoms with E-state index in [0.717, 1.165) is 0 Å². The highest BCUT2D eigenvalue weighted by Crippen LogP contribution is 2.35. The number of hydrogen-bond donors (Lipinski definition) is 0. The van der Waals surface area contributed by atoms with Crippen molar-refractivity contribution >= 4 is 40.4 Å². The average Bonchev–Trinajstić information content (AvgIpc) is 2.98. The Morgan fingerprint density at radius 1 is 1.26 bits per heavy atom. The van der Waals surface area contributed by atoms with E-state index in [1.54, 1.807) is 11.0 Å². The minimum absolute atomic E-state index is 0.0216. The molecular weight excluding hydrogens is 309 g/mol. The van der Waals surface area contributed by atoms with Crippen molar-refractivity contribution in [2.24, 2.45) is 0 Å². The molecule has 1 aromatic rings. The first-order valence-corrected chi connectivity index (χ1v) is 7.69. The maximum atomic E-state index is 12.3. The molecule has 104 valence electrons. The van der Waals surface area contributed by atoms with Crippen LogP contribution >= 0.6 is 34.5 Å². The maximum absolute atomic E-state index is 12.3. The fourth-order valence-corrected chi connectivity index (χ4v) is 3.78. The summed E-state index contributed by atoms with van der Waals surface area (Å²) >= 11 is 13.0. The highest BCUT2D eigenvalue weighted by Gasteiger charge is 2.41. The molecule has 2 aliphatic rings. The van der Waals surface area contributed by atoms with Gasteiger partial charge in [0.15, 0.2) is 5.79 Å². The third-order valence-electron chi connectivity index (χ3n) is 3.48. The molecule has 0 atom stereocenters. The maximum Gasteiger partial charge on any atom is 0.264 e. The second-order valence-corrected chi connectivity index (χ2v) is 6.69. The van der Waals surface area contributed by atoms with Crippen molar-refractivity contribution in [3.63, 3.8) is 0 Å². The number of thiophene rings is 1. The molecule has 7 heteroatoms. The first-order chi connectivity index (χ1) is 9.10. The van der Waals surface area contributed by atoms with E-state index in [2.05, 4.69) is 0 Å². The summed E-state index contributed by atoms with van der Waals surface area (Å²) in [4.78, 5) is 14.7. The largest absolute Gasteiger partial charge is 0.347 e. The molecule has 2 fully saturated rings. The van der Waals surface area contributed by atoms with Crippen LogP contribution in [0.25, 0.3) is 0 Å². The van der Waals surface area contributed by atoms with Gasteiger partial charge in [-0.1, -0.05) is 23.2 Å². The molecule has 3 rings (SSSR count). The minimum Gasteiger partial charge on any atom is -0.347 e. The Bertz CT molecular complexity index is 470. The zero-order valence-electron chi connectivity index (χ0n) is 10.2. The molecule has 2 aliphatic heterocycles. The van der Waals surface area contributed by atoms with Crippen molar-refractivity contribution in [3.05, 3.63) is 20.3 Å². The van der Waals surface area contributed by atoms with Gasteiger partial charge in [0, 0.05) is 25.9 Å². The number of carbonyl (C=O) groups excluding carboxylic acids is 1. The van der Waals surface area contributed by atoms with Crippen LogP contribution in [0, 0.1) is 0 Å². The number of likely N-dealkylation sites (tertiary alicyclic amines) is 1. The molecular formula is C12H13Cl2NO3S. The van der Waals surface area contributed by atoms with Crippen molar-refractivity contribution in [1.29, 1.82) is 0 Å². The Hall–Kier alpha value is -0.330. The molecule has 1 spiro atoms. The molecule has 1 aromatic heterocycles. The van der Waals surface area contributed by atoms with Crippen molar-refractivity contribution in [3.8, 4) is 0 Å². The third kappa shape index (κ3) is 2.62. The van der Waals surface area contributed by atoms with Crippen molar-refractivity contribution in [1.82, 2.24) is 4.90 Å². The van der Waals surface area contributed by atoms with Crippen LogP contribution in [0.4, 0.5) is 0 Å². The summed E-state index contributed by atoms with van der Waals surface area (Å²) < 4.78 is 11.7. The number of halogens is 2. The van der Waals surface area contributed by atoms with Gasteiger partial charge < -0.3 is 14.4 Å². The highest BCUT2D eigenvalue weighted by atomic mass is 35.5. The lowest BCUT2D eigenvalue weighted by atomic mass is 10.0. The van der Waals surface area contributed by atoms with Crippen LogP contribution in [0.3, 0.4) is 0 Å². The van der Waals surface area contributed by atoms with Crippen molar-refractivity contribution in [2.75, 3.05) is 26.3 Å². The van der Waals surface area contributed by atoms with E-state index in [-0.39, 0.29) is 5.91 Å². The second kappa shape index (κ2) is 5.22. The Kier molecular flexibility index (Phi) is 3.75. The van der Waals surface area contributed by atoms with Gasteiger partial charge in [0.1, 0.15) is 4.34 Å². The van der Waals surface area contributed by atoms with Gasteiger partial charge in [-0.3, -0.25) is 4.79 Å². The van der Waals surface area contributed by atoms with Gasteiger partial charge in [0.05, 0.1) is 23.1 Å². The van der Waals surface area contributed by atoms with E-state index in [9.17, 15) is 4.79 Å². The average molecular weight is 322 g/mol. The standard InChI is InChI=1S/C12H13Cl2NO3S/c13-8-7-9(19-10(8)14)11(16)15-3-1-12(2-4-15)17-5-6-18-12/h7H,1-6H2. The van der Waals surface area contributed by atoms with Crippen LogP contribution in [0.5, 0.6) is 0 Å². The first-order valence-electron chi connectivity index (χ1n) is 6.12. The van der Waals surface area contributed by atoms with E-state index in [0.29, 0.717) is 53.4 Å². The molecule has 4 nitrogen and oxygen atoms in total. The predicted molar refractivity (Wildman–Crippen MR) is 74.1 cm³/mol. The number of carbonyl (C=O) groups is 1. The normalized spacial score (nSPS) is 22.1. The summed E-state index contributed by atoms with van der Waals surface area (Å²) in [5, 5.41) is 0.436. The van der Waals surface area contributed by atoms with Crippen LogP contribution in [0.2, 0.25) is 9.36 Å². The topological polar surface area (TPSA) is 38.8 Å². The molecule has 2 saturated heterocycles. The fourth-order valence-electron chi connectivity index (χ4n) is 2.44. The van der Waals surface area contributed by atoms with E-state index >= 15 is 0 Å². The summed E-state index contributed by atoms with van der Waals surface area (Å²) in [6, 6.07) is 1.63. The lowest BCUT2D eigenvalue weighted by Gasteiger charge is -2.37. The molecule has 0 aromatic carbocycles. The second-order valence-electron chi connectivity index (χ2n) is 4.63. The molecule has 19 heavy (non-hydrogen) atoms. The highest BCUT2D eigenvalue weighted by molar-refractivity contribution is 7.18. The predicted octanol–water partition coefficient (Wildman–Crippen LogP) is 3.03. The quantitative estimate of drug-likeness (QED) is 0.798. The van der Waals surface area contributed by atoms with Crippen molar-refractivity contribution < 1.29 is 14.3 Å². The van der Waals surface area contributed by atoms with Gasteiger partial charge in [-0.2, -0.15) is 0 Å². The van der Waals surface area contributed by atoms with E-state index in [1.165, 1.54) is 11.3 Å². The SMILES string of the molecule is O=C(c1cc(Cl)c(Cl)s1)N1CCC2(CC1)OCCO2. The van der Waals surface area contributed by atoms with Gasteiger partial charge in [-0.25, -0.2) is 0 Å². The van der Waals surface area contributed by atoms with Gasteiger partial charge in [0.25, 0.3) is 5.91 Å². The number of ether oxygens (including phenoxy) is 2.